The smallest absolute Gasteiger partial charge is 0.349 e. The molecule has 0 radical (unpaired) electrons. The number of carbonyl (C=O) groups is 3. The van der Waals surface area contributed by atoms with E-state index in [-0.39, 0.29) is 18.1 Å². The molecule has 0 N–H and O–H groups in total. The second-order valence-corrected chi connectivity index (χ2v) is 6.24. The SMILES string of the molecule is C=C(C)C(=O)OC1CC(C(=O)OC(C)OC2CCCCC2)OC1=O. The molecular formula is C17H24O7. The summed E-state index contributed by atoms with van der Waals surface area (Å²) in [5.74, 6) is -2.15. The maximum absolute atomic E-state index is 12.1. The molecule has 1 saturated heterocycles. The fraction of sp³-hybridized carbons (Fsp3) is 0.706. The van der Waals surface area contributed by atoms with Gasteiger partial charge in [-0.1, -0.05) is 25.8 Å². The van der Waals surface area contributed by atoms with Crippen LogP contribution in [0.5, 0.6) is 0 Å². The van der Waals surface area contributed by atoms with Gasteiger partial charge in [0.25, 0.3) is 0 Å². The third kappa shape index (κ3) is 5.06. The maximum atomic E-state index is 12.1. The molecule has 2 fully saturated rings. The topological polar surface area (TPSA) is 88.1 Å². The maximum Gasteiger partial charge on any atom is 0.349 e. The molecule has 0 amide bonds. The summed E-state index contributed by atoms with van der Waals surface area (Å²) in [6.45, 7) is 6.55. The van der Waals surface area contributed by atoms with E-state index in [1.807, 2.05) is 0 Å². The monoisotopic (exact) mass is 340 g/mol. The number of esters is 3. The summed E-state index contributed by atoms with van der Waals surface area (Å²) < 4.78 is 20.8. The highest BCUT2D eigenvalue weighted by atomic mass is 16.7. The lowest BCUT2D eigenvalue weighted by Crippen LogP contribution is -2.31. The molecule has 1 aliphatic heterocycles. The molecule has 0 aromatic carbocycles. The van der Waals surface area contributed by atoms with E-state index in [0.29, 0.717) is 0 Å². The van der Waals surface area contributed by atoms with Crippen LogP contribution in [-0.2, 0) is 33.3 Å². The molecule has 1 aliphatic carbocycles. The van der Waals surface area contributed by atoms with E-state index in [1.165, 1.54) is 13.3 Å². The van der Waals surface area contributed by atoms with Crippen molar-refractivity contribution < 1.29 is 33.3 Å². The zero-order chi connectivity index (χ0) is 17.7. The summed E-state index contributed by atoms with van der Waals surface area (Å²) in [5.41, 5.74) is 0.170. The van der Waals surface area contributed by atoms with Crippen LogP contribution in [0, 0.1) is 0 Å². The number of cyclic esters (lactones) is 1. The van der Waals surface area contributed by atoms with Crippen molar-refractivity contribution in [2.24, 2.45) is 0 Å². The van der Waals surface area contributed by atoms with Crippen molar-refractivity contribution in [1.82, 2.24) is 0 Å². The van der Waals surface area contributed by atoms with Crippen LogP contribution in [0.3, 0.4) is 0 Å². The van der Waals surface area contributed by atoms with Crippen molar-refractivity contribution in [3.63, 3.8) is 0 Å². The Labute approximate surface area is 141 Å². The standard InChI is InChI=1S/C17H24O7/c1-10(2)15(18)23-14-9-13(24-17(14)20)16(19)22-11(3)21-12-7-5-4-6-8-12/h11-14H,1,4-9H2,2-3H3. The molecule has 1 saturated carbocycles. The molecule has 0 aromatic heterocycles. The third-order valence-electron chi connectivity index (χ3n) is 4.03. The number of ether oxygens (including phenoxy) is 4. The molecule has 3 atom stereocenters. The lowest BCUT2D eigenvalue weighted by atomic mass is 9.98. The average molecular weight is 340 g/mol. The Morgan fingerprint density at radius 1 is 1.25 bits per heavy atom. The summed E-state index contributed by atoms with van der Waals surface area (Å²) in [6, 6.07) is 0. The lowest BCUT2D eigenvalue weighted by Gasteiger charge is -2.25. The van der Waals surface area contributed by atoms with Crippen LogP contribution in [0.15, 0.2) is 12.2 Å². The minimum Gasteiger partial charge on any atom is -0.447 e. The largest absolute Gasteiger partial charge is 0.447 e. The molecule has 7 nitrogen and oxygen atoms in total. The van der Waals surface area contributed by atoms with Gasteiger partial charge < -0.3 is 18.9 Å². The van der Waals surface area contributed by atoms with Crippen molar-refractivity contribution in [3.8, 4) is 0 Å². The van der Waals surface area contributed by atoms with Crippen molar-refractivity contribution >= 4 is 17.9 Å². The molecular weight excluding hydrogens is 316 g/mol. The van der Waals surface area contributed by atoms with Crippen molar-refractivity contribution in [2.75, 3.05) is 0 Å². The minimum atomic E-state index is -1.11. The predicted molar refractivity (Wildman–Crippen MR) is 82.7 cm³/mol. The Balaban J connectivity index is 1.79. The number of hydrogen-bond donors (Lipinski definition) is 0. The molecule has 0 spiro atoms. The van der Waals surface area contributed by atoms with Gasteiger partial charge in [0.15, 0.2) is 0 Å². The van der Waals surface area contributed by atoms with Crippen molar-refractivity contribution in [1.29, 1.82) is 0 Å². The second-order valence-electron chi connectivity index (χ2n) is 6.24. The quantitative estimate of drug-likeness (QED) is 0.316. The Morgan fingerprint density at radius 3 is 2.54 bits per heavy atom. The van der Waals surface area contributed by atoms with E-state index in [0.717, 1.165) is 25.7 Å². The minimum absolute atomic E-state index is 0.0627. The first kappa shape index (κ1) is 18.4. The lowest BCUT2D eigenvalue weighted by molar-refractivity contribution is -0.196. The van der Waals surface area contributed by atoms with Crippen LogP contribution < -0.4 is 0 Å². The molecule has 0 aromatic rings. The summed E-state index contributed by atoms with van der Waals surface area (Å²) in [6.07, 6.45) is 2.47. The first-order valence-electron chi connectivity index (χ1n) is 8.29. The van der Waals surface area contributed by atoms with E-state index in [9.17, 15) is 14.4 Å². The number of carbonyl (C=O) groups excluding carboxylic acids is 3. The normalized spacial score (nSPS) is 25.7. The van der Waals surface area contributed by atoms with Gasteiger partial charge in [0.05, 0.1) is 6.10 Å². The first-order valence-corrected chi connectivity index (χ1v) is 8.29. The van der Waals surface area contributed by atoms with E-state index >= 15 is 0 Å². The van der Waals surface area contributed by atoms with Crippen LogP contribution >= 0.6 is 0 Å². The van der Waals surface area contributed by atoms with E-state index < -0.39 is 36.4 Å². The highest BCUT2D eigenvalue weighted by Crippen LogP contribution is 2.23. The van der Waals surface area contributed by atoms with Gasteiger partial charge in [-0.15, -0.1) is 0 Å². The molecule has 2 rings (SSSR count). The summed E-state index contributed by atoms with van der Waals surface area (Å²) >= 11 is 0. The molecule has 0 bridgehead atoms. The predicted octanol–water partition coefficient (Wildman–Crippen LogP) is 2.03. The fourth-order valence-electron chi connectivity index (χ4n) is 2.76. The van der Waals surface area contributed by atoms with Crippen LogP contribution in [0.4, 0.5) is 0 Å². The summed E-state index contributed by atoms with van der Waals surface area (Å²) in [5, 5.41) is 0. The Kier molecular flexibility index (Phi) is 6.36. The van der Waals surface area contributed by atoms with Gasteiger partial charge in [-0.05, 0) is 26.7 Å². The number of rotatable bonds is 6. The van der Waals surface area contributed by atoms with Crippen LogP contribution in [-0.4, -0.2) is 42.5 Å². The highest BCUT2D eigenvalue weighted by molar-refractivity contribution is 5.91. The molecule has 3 unspecified atom stereocenters. The first-order chi connectivity index (χ1) is 11.4. The third-order valence-corrected chi connectivity index (χ3v) is 4.03. The number of hydrogen-bond acceptors (Lipinski definition) is 7. The zero-order valence-electron chi connectivity index (χ0n) is 14.1. The van der Waals surface area contributed by atoms with Crippen LogP contribution in [0.1, 0.15) is 52.4 Å². The van der Waals surface area contributed by atoms with Gasteiger partial charge >= 0.3 is 17.9 Å². The molecule has 1 heterocycles. The highest BCUT2D eigenvalue weighted by Gasteiger charge is 2.42. The molecule has 134 valence electrons. The van der Waals surface area contributed by atoms with Gasteiger partial charge in [-0.2, -0.15) is 0 Å². The summed E-state index contributed by atoms with van der Waals surface area (Å²) in [7, 11) is 0. The van der Waals surface area contributed by atoms with E-state index in [2.05, 4.69) is 6.58 Å². The van der Waals surface area contributed by atoms with Crippen LogP contribution in [0.25, 0.3) is 0 Å². The van der Waals surface area contributed by atoms with E-state index in [4.69, 9.17) is 18.9 Å². The Morgan fingerprint density at radius 2 is 1.92 bits per heavy atom. The van der Waals surface area contributed by atoms with Crippen molar-refractivity contribution in [3.05, 3.63) is 12.2 Å². The Bertz CT molecular complexity index is 507. The van der Waals surface area contributed by atoms with E-state index in [1.54, 1.807) is 6.92 Å². The van der Waals surface area contributed by atoms with Crippen LogP contribution in [0.2, 0.25) is 0 Å². The second kappa shape index (κ2) is 8.28. The molecule has 7 heteroatoms. The fourth-order valence-corrected chi connectivity index (χ4v) is 2.76. The Hall–Kier alpha value is -1.89. The van der Waals surface area contributed by atoms with Gasteiger partial charge in [-0.25, -0.2) is 14.4 Å². The average Bonchev–Trinajstić information content (AvgIpc) is 2.89. The molecule has 24 heavy (non-hydrogen) atoms. The van der Waals surface area contributed by atoms with Gasteiger partial charge in [-0.3, -0.25) is 0 Å². The van der Waals surface area contributed by atoms with Gasteiger partial charge in [0, 0.05) is 12.0 Å². The molecule has 2 aliphatic rings. The zero-order valence-corrected chi connectivity index (χ0v) is 14.1. The van der Waals surface area contributed by atoms with Gasteiger partial charge in [0.1, 0.15) is 0 Å². The van der Waals surface area contributed by atoms with Crippen molar-refractivity contribution in [2.45, 2.75) is 77.0 Å². The van der Waals surface area contributed by atoms with Gasteiger partial charge in [0.2, 0.25) is 18.5 Å². The summed E-state index contributed by atoms with van der Waals surface area (Å²) in [4.78, 5) is 35.2.